The maximum atomic E-state index is 12.0. The van der Waals surface area contributed by atoms with E-state index in [2.05, 4.69) is 40.8 Å². The largest absolute Gasteiger partial charge is 0.444 e. The Morgan fingerprint density at radius 3 is 1.37 bits per heavy atom. The first-order valence-corrected chi connectivity index (χ1v) is 14.2. The monoisotopic (exact) mass is 631 g/mol. The molecule has 13 nitrogen and oxygen atoms in total. The summed E-state index contributed by atoms with van der Waals surface area (Å²) < 4.78 is 11.6. The van der Waals surface area contributed by atoms with Gasteiger partial charge in [0, 0.05) is 64.8 Å². The van der Waals surface area contributed by atoms with Crippen LogP contribution in [0.2, 0.25) is 0 Å². The van der Waals surface area contributed by atoms with E-state index in [1.807, 2.05) is 52.5 Å². The van der Waals surface area contributed by atoms with Crippen LogP contribution in [0, 0.1) is 11.3 Å². The molecule has 14 heteroatoms. The van der Waals surface area contributed by atoms with Crippen LogP contribution < -0.4 is 9.80 Å². The Balaban J connectivity index is 0.000000226. The second kappa shape index (κ2) is 13.8. The van der Waals surface area contributed by atoms with Crippen molar-refractivity contribution in [2.45, 2.75) is 52.7 Å². The number of anilines is 2. The minimum atomic E-state index is -0.482. The van der Waals surface area contributed by atoms with Crippen LogP contribution >= 0.6 is 15.9 Å². The quantitative estimate of drug-likeness (QED) is 0.479. The lowest BCUT2D eigenvalue weighted by Gasteiger charge is -2.35. The van der Waals surface area contributed by atoms with Crippen molar-refractivity contribution >= 4 is 40.0 Å². The number of halogens is 1. The maximum absolute atomic E-state index is 12.0. The lowest BCUT2D eigenvalue weighted by Crippen LogP contribution is -2.50. The molecule has 0 radical (unpaired) electrons. The van der Waals surface area contributed by atoms with E-state index in [0.29, 0.717) is 69.8 Å². The van der Waals surface area contributed by atoms with Gasteiger partial charge in [-0.05, 0) is 57.5 Å². The number of rotatable bonds is 2. The first kappa shape index (κ1) is 31.8. The second-order valence-electron chi connectivity index (χ2n) is 11.5. The van der Waals surface area contributed by atoms with E-state index >= 15 is 0 Å². The molecule has 0 bridgehead atoms. The molecular weight excluding hydrogens is 594 g/mol. The number of hydrogen-bond donors (Lipinski definition) is 0. The molecule has 0 spiro atoms. The lowest BCUT2D eigenvalue weighted by molar-refractivity contribution is 0.0229. The van der Waals surface area contributed by atoms with Crippen molar-refractivity contribution in [1.29, 1.82) is 5.26 Å². The summed E-state index contributed by atoms with van der Waals surface area (Å²) in [6.45, 7) is 16.3. The molecule has 4 heterocycles. The Kier molecular flexibility index (Phi) is 10.7. The predicted molar refractivity (Wildman–Crippen MR) is 157 cm³/mol. The fourth-order valence-corrected chi connectivity index (χ4v) is 4.05. The van der Waals surface area contributed by atoms with Crippen molar-refractivity contribution in [2.75, 3.05) is 62.2 Å². The number of nitrogens with zero attached hydrogens (tertiary/aromatic N) is 9. The van der Waals surface area contributed by atoms with E-state index in [4.69, 9.17) is 14.7 Å². The molecule has 41 heavy (non-hydrogen) atoms. The van der Waals surface area contributed by atoms with E-state index in [9.17, 15) is 9.59 Å². The summed E-state index contributed by atoms with van der Waals surface area (Å²) in [6, 6.07) is 1.99. The zero-order valence-electron chi connectivity index (χ0n) is 24.5. The number of aromatic nitrogens is 4. The van der Waals surface area contributed by atoms with Crippen LogP contribution in [0.1, 0.15) is 47.1 Å². The summed E-state index contributed by atoms with van der Waals surface area (Å²) in [7, 11) is 0. The summed E-state index contributed by atoms with van der Waals surface area (Å²) in [4.78, 5) is 48.2. The Morgan fingerprint density at radius 2 is 1.05 bits per heavy atom. The van der Waals surface area contributed by atoms with E-state index < -0.39 is 11.2 Å². The van der Waals surface area contributed by atoms with Crippen LogP contribution in [0.4, 0.5) is 21.5 Å². The number of carbonyl (C=O) groups is 2. The van der Waals surface area contributed by atoms with Gasteiger partial charge in [0.2, 0.25) is 11.9 Å². The number of amides is 2. The average molecular weight is 633 g/mol. The van der Waals surface area contributed by atoms with Crippen molar-refractivity contribution < 1.29 is 19.1 Å². The van der Waals surface area contributed by atoms with Crippen LogP contribution in [0.15, 0.2) is 29.3 Å². The highest BCUT2D eigenvalue weighted by atomic mass is 79.9. The fraction of sp³-hybridized carbons (Fsp3) is 0.593. The van der Waals surface area contributed by atoms with Gasteiger partial charge >= 0.3 is 12.2 Å². The Bertz CT molecular complexity index is 1190. The predicted octanol–water partition coefficient (Wildman–Crippen LogP) is 3.70. The highest BCUT2D eigenvalue weighted by Gasteiger charge is 2.28. The van der Waals surface area contributed by atoms with E-state index in [1.54, 1.807) is 22.2 Å². The molecule has 0 atom stereocenters. The van der Waals surface area contributed by atoms with Gasteiger partial charge in [0.15, 0.2) is 0 Å². The van der Waals surface area contributed by atoms with Gasteiger partial charge in [-0.15, -0.1) is 0 Å². The number of nitriles is 1. The molecule has 2 aliphatic rings. The van der Waals surface area contributed by atoms with Gasteiger partial charge in [-0.1, -0.05) is 0 Å². The molecule has 0 saturated carbocycles. The highest BCUT2D eigenvalue weighted by molar-refractivity contribution is 9.10. The van der Waals surface area contributed by atoms with Gasteiger partial charge in [-0.2, -0.15) is 5.26 Å². The summed E-state index contributed by atoms with van der Waals surface area (Å²) in [5.74, 6) is 1.27. The minimum Gasteiger partial charge on any atom is -0.444 e. The molecule has 222 valence electrons. The SMILES string of the molecule is CC(C)(C)OC(=O)N1CCN(c2ncc(Br)cn2)CC1.CC(C)(C)OC(=O)N1CCN(c2ncc(C#N)cn2)CC1. The molecule has 0 aliphatic carbocycles. The number of hydrogen-bond acceptors (Lipinski definition) is 11. The molecule has 0 N–H and O–H groups in total. The number of ether oxygens (including phenoxy) is 2. The van der Waals surface area contributed by atoms with Crippen molar-refractivity contribution in [1.82, 2.24) is 29.7 Å². The normalized spacial score (nSPS) is 15.9. The van der Waals surface area contributed by atoms with E-state index in [0.717, 1.165) is 4.47 Å². The van der Waals surface area contributed by atoms with E-state index in [-0.39, 0.29) is 12.2 Å². The smallest absolute Gasteiger partial charge is 0.410 e. The third-order valence-corrected chi connectivity index (χ3v) is 6.21. The summed E-state index contributed by atoms with van der Waals surface area (Å²) in [6.07, 6.45) is 5.91. The van der Waals surface area contributed by atoms with Gasteiger partial charge in [-0.25, -0.2) is 29.5 Å². The molecule has 2 aromatic rings. The molecule has 2 aromatic heterocycles. The average Bonchev–Trinajstić information content (AvgIpc) is 2.92. The maximum Gasteiger partial charge on any atom is 0.410 e. The molecule has 0 aromatic carbocycles. The second-order valence-corrected chi connectivity index (χ2v) is 12.4. The molecular formula is C27H38BrN9O4. The molecule has 0 unspecified atom stereocenters. The van der Waals surface area contributed by atoms with Crippen LogP contribution in [-0.4, -0.2) is 105 Å². The van der Waals surface area contributed by atoms with Gasteiger partial charge in [-0.3, -0.25) is 0 Å². The van der Waals surface area contributed by atoms with Gasteiger partial charge in [0.1, 0.15) is 17.3 Å². The van der Waals surface area contributed by atoms with E-state index in [1.165, 1.54) is 12.4 Å². The third-order valence-electron chi connectivity index (χ3n) is 5.80. The topological polar surface area (TPSA) is 141 Å². The van der Waals surface area contributed by atoms with Crippen molar-refractivity contribution in [3.8, 4) is 6.07 Å². The summed E-state index contributed by atoms with van der Waals surface area (Å²) >= 11 is 3.31. The van der Waals surface area contributed by atoms with Crippen molar-refractivity contribution in [3.63, 3.8) is 0 Å². The standard InChI is InChI=1S/C14H19N5O2.C13H19BrN4O2/c1-14(2,3)21-13(20)19-6-4-18(5-7-19)12-16-9-11(8-15)10-17-12;1-13(2,3)20-12(19)18-6-4-17(5-7-18)11-15-8-10(14)9-16-11/h9-10H,4-7H2,1-3H3;8-9H,4-7H2,1-3H3. The van der Waals surface area contributed by atoms with Crippen molar-refractivity contribution in [3.05, 3.63) is 34.8 Å². The molecule has 2 saturated heterocycles. The molecule has 4 rings (SSSR count). The van der Waals surface area contributed by atoms with Gasteiger partial charge < -0.3 is 29.1 Å². The zero-order valence-corrected chi connectivity index (χ0v) is 26.1. The summed E-state index contributed by atoms with van der Waals surface area (Å²) in [5, 5.41) is 8.73. The lowest BCUT2D eigenvalue weighted by atomic mass is 10.2. The van der Waals surface area contributed by atoms with Crippen molar-refractivity contribution in [2.24, 2.45) is 0 Å². The zero-order chi connectivity index (χ0) is 30.2. The van der Waals surface area contributed by atoms with Crippen LogP contribution in [0.5, 0.6) is 0 Å². The Morgan fingerprint density at radius 1 is 0.707 bits per heavy atom. The molecule has 2 fully saturated rings. The summed E-state index contributed by atoms with van der Waals surface area (Å²) in [5.41, 5.74) is -0.501. The number of piperazine rings is 2. The van der Waals surface area contributed by atoms with Crippen LogP contribution in [-0.2, 0) is 9.47 Å². The third kappa shape index (κ3) is 10.3. The van der Waals surface area contributed by atoms with Crippen LogP contribution in [0.25, 0.3) is 0 Å². The van der Waals surface area contributed by atoms with Crippen LogP contribution in [0.3, 0.4) is 0 Å². The highest BCUT2D eigenvalue weighted by Crippen LogP contribution is 2.16. The first-order chi connectivity index (χ1) is 19.2. The Labute approximate surface area is 249 Å². The molecule has 2 aliphatic heterocycles. The van der Waals surface area contributed by atoms with Gasteiger partial charge in [0.05, 0.1) is 22.4 Å². The minimum absolute atomic E-state index is 0.256. The first-order valence-electron chi connectivity index (χ1n) is 13.4. The Hall–Kier alpha value is -3.73. The fourth-order valence-electron chi connectivity index (χ4n) is 3.84. The van der Waals surface area contributed by atoms with Gasteiger partial charge in [0.25, 0.3) is 0 Å². The number of carbonyl (C=O) groups excluding carboxylic acids is 2. The molecule has 2 amide bonds.